The molecule has 3 aromatic carbocycles. The first kappa shape index (κ1) is 18.4. The predicted molar refractivity (Wildman–Crippen MR) is 101 cm³/mol. The van der Waals surface area contributed by atoms with Gasteiger partial charge in [-0.2, -0.15) is 0 Å². The Morgan fingerprint density at radius 3 is 2.44 bits per heavy atom. The summed E-state index contributed by atoms with van der Waals surface area (Å²) in [5, 5.41) is 5.79. The number of nitrogens with one attached hydrogen (secondary N) is 2. The van der Waals surface area contributed by atoms with Gasteiger partial charge in [0.25, 0.3) is 5.91 Å². The number of halogens is 2. The standard InChI is InChI=1S/C21H18F2N2O2/c1-27-20-10-7-15(11-19(20)24-13-14-5-3-2-4-6-14)21(26)25-16-8-9-17(22)18(23)12-16/h2-12,24H,13H2,1H3,(H,25,26). The molecule has 0 saturated carbocycles. The van der Waals surface area contributed by atoms with Crippen LogP contribution < -0.4 is 15.4 Å². The van der Waals surface area contributed by atoms with Gasteiger partial charge >= 0.3 is 0 Å². The van der Waals surface area contributed by atoms with Crippen molar-refractivity contribution >= 4 is 17.3 Å². The molecule has 0 aromatic heterocycles. The van der Waals surface area contributed by atoms with Crippen molar-refractivity contribution in [2.24, 2.45) is 0 Å². The van der Waals surface area contributed by atoms with Crippen molar-refractivity contribution in [1.29, 1.82) is 0 Å². The summed E-state index contributed by atoms with van der Waals surface area (Å²) in [4.78, 5) is 12.4. The third-order valence-electron chi connectivity index (χ3n) is 3.96. The summed E-state index contributed by atoms with van der Waals surface area (Å²) in [6.07, 6.45) is 0. The van der Waals surface area contributed by atoms with Crippen molar-refractivity contribution in [2.75, 3.05) is 17.7 Å². The summed E-state index contributed by atoms with van der Waals surface area (Å²) >= 11 is 0. The Morgan fingerprint density at radius 2 is 1.74 bits per heavy atom. The first-order chi connectivity index (χ1) is 13.1. The lowest BCUT2D eigenvalue weighted by Crippen LogP contribution is -2.13. The van der Waals surface area contributed by atoms with Crippen LogP contribution in [0.25, 0.3) is 0 Å². The van der Waals surface area contributed by atoms with Gasteiger partial charge in [-0.1, -0.05) is 30.3 Å². The van der Waals surface area contributed by atoms with E-state index in [4.69, 9.17) is 4.74 Å². The van der Waals surface area contributed by atoms with Crippen LogP contribution in [-0.2, 0) is 6.54 Å². The smallest absolute Gasteiger partial charge is 0.255 e. The van der Waals surface area contributed by atoms with E-state index in [9.17, 15) is 13.6 Å². The van der Waals surface area contributed by atoms with E-state index in [1.54, 1.807) is 25.3 Å². The van der Waals surface area contributed by atoms with E-state index in [0.717, 1.165) is 17.7 Å². The number of amides is 1. The maximum atomic E-state index is 13.3. The lowest BCUT2D eigenvalue weighted by molar-refractivity contribution is 0.102. The van der Waals surface area contributed by atoms with Crippen LogP contribution in [0.2, 0.25) is 0 Å². The zero-order valence-electron chi connectivity index (χ0n) is 14.6. The van der Waals surface area contributed by atoms with Gasteiger partial charge in [0.1, 0.15) is 5.75 Å². The molecular formula is C21H18F2N2O2. The zero-order chi connectivity index (χ0) is 19.2. The fourth-order valence-corrected chi connectivity index (χ4v) is 2.56. The number of ether oxygens (including phenoxy) is 1. The van der Waals surface area contributed by atoms with Gasteiger partial charge in [-0.3, -0.25) is 4.79 Å². The van der Waals surface area contributed by atoms with Crippen LogP contribution in [0.3, 0.4) is 0 Å². The molecule has 0 radical (unpaired) electrons. The van der Waals surface area contributed by atoms with Crippen molar-refractivity contribution in [1.82, 2.24) is 0 Å². The molecule has 2 N–H and O–H groups in total. The zero-order valence-corrected chi connectivity index (χ0v) is 14.6. The molecule has 4 nitrogen and oxygen atoms in total. The van der Waals surface area contributed by atoms with Crippen molar-refractivity contribution in [3.8, 4) is 5.75 Å². The molecule has 0 unspecified atom stereocenters. The number of benzene rings is 3. The minimum atomic E-state index is -1.02. The van der Waals surface area contributed by atoms with Gasteiger partial charge in [0.05, 0.1) is 12.8 Å². The Bertz CT molecular complexity index is 946. The van der Waals surface area contributed by atoms with Gasteiger partial charge in [-0.05, 0) is 35.9 Å². The molecule has 0 atom stereocenters. The molecule has 0 saturated heterocycles. The van der Waals surface area contributed by atoms with Crippen LogP contribution in [0, 0.1) is 11.6 Å². The number of carbonyl (C=O) groups excluding carboxylic acids is 1. The van der Waals surface area contributed by atoms with Crippen LogP contribution >= 0.6 is 0 Å². The molecule has 27 heavy (non-hydrogen) atoms. The largest absolute Gasteiger partial charge is 0.495 e. The van der Waals surface area contributed by atoms with Gasteiger partial charge in [0.15, 0.2) is 11.6 Å². The fraction of sp³-hybridized carbons (Fsp3) is 0.0952. The second kappa shape index (κ2) is 8.31. The van der Waals surface area contributed by atoms with Crippen LogP contribution in [0.15, 0.2) is 66.7 Å². The van der Waals surface area contributed by atoms with Gasteiger partial charge in [0.2, 0.25) is 0 Å². The van der Waals surface area contributed by atoms with Gasteiger partial charge in [-0.15, -0.1) is 0 Å². The minimum absolute atomic E-state index is 0.175. The van der Waals surface area contributed by atoms with E-state index in [0.29, 0.717) is 23.5 Å². The van der Waals surface area contributed by atoms with Crippen molar-refractivity contribution < 1.29 is 18.3 Å². The lowest BCUT2D eigenvalue weighted by Gasteiger charge is -2.13. The van der Waals surface area contributed by atoms with Crippen LogP contribution in [-0.4, -0.2) is 13.0 Å². The van der Waals surface area contributed by atoms with Crippen molar-refractivity contribution in [3.05, 3.63) is 89.5 Å². The highest BCUT2D eigenvalue weighted by Crippen LogP contribution is 2.26. The molecule has 1 amide bonds. The molecule has 0 heterocycles. The monoisotopic (exact) mass is 368 g/mol. The Labute approximate surface area is 155 Å². The van der Waals surface area contributed by atoms with Crippen LogP contribution in [0.5, 0.6) is 5.75 Å². The number of methoxy groups -OCH3 is 1. The minimum Gasteiger partial charge on any atom is -0.495 e. The number of hydrogen-bond acceptors (Lipinski definition) is 3. The Morgan fingerprint density at radius 1 is 0.963 bits per heavy atom. The normalized spacial score (nSPS) is 10.3. The molecular weight excluding hydrogens is 350 g/mol. The Balaban J connectivity index is 1.76. The van der Waals surface area contributed by atoms with E-state index >= 15 is 0 Å². The molecule has 138 valence electrons. The van der Waals surface area contributed by atoms with Gasteiger partial charge < -0.3 is 15.4 Å². The number of carbonyl (C=O) groups is 1. The Kier molecular flexibility index (Phi) is 5.66. The molecule has 0 fully saturated rings. The second-order valence-corrected chi connectivity index (χ2v) is 5.84. The maximum Gasteiger partial charge on any atom is 0.255 e. The average molecular weight is 368 g/mol. The highest BCUT2D eigenvalue weighted by molar-refractivity contribution is 6.05. The SMILES string of the molecule is COc1ccc(C(=O)Nc2ccc(F)c(F)c2)cc1NCc1ccccc1. The first-order valence-electron chi connectivity index (χ1n) is 8.29. The topological polar surface area (TPSA) is 50.4 Å². The highest BCUT2D eigenvalue weighted by Gasteiger charge is 2.12. The summed E-state index contributed by atoms with van der Waals surface area (Å²) in [7, 11) is 1.55. The molecule has 0 aliphatic rings. The van der Waals surface area contributed by atoms with Gasteiger partial charge in [-0.25, -0.2) is 8.78 Å². The molecule has 0 spiro atoms. The lowest BCUT2D eigenvalue weighted by atomic mass is 10.1. The Hall–Kier alpha value is -3.41. The molecule has 0 aliphatic carbocycles. The third kappa shape index (κ3) is 4.61. The summed E-state index contributed by atoms with van der Waals surface area (Å²) in [5.41, 5.74) is 2.26. The summed E-state index contributed by atoms with van der Waals surface area (Å²) in [6, 6.07) is 17.9. The number of hydrogen-bond donors (Lipinski definition) is 2. The second-order valence-electron chi connectivity index (χ2n) is 5.84. The first-order valence-corrected chi connectivity index (χ1v) is 8.29. The molecule has 0 bridgehead atoms. The molecule has 3 rings (SSSR count). The van der Waals surface area contributed by atoms with E-state index in [1.807, 2.05) is 30.3 Å². The van der Waals surface area contributed by atoms with E-state index in [1.165, 1.54) is 6.07 Å². The van der Waals surface area contributed by atoms with E-state index in [-0.39, 0.29) is 5.69 Å². The van der Waals surface area contributed by atoms with E-state index < -0.39 is 17.5 Å². The molecule has 6 heteroatoms. The maximum absolute atomic E-state index is 13.3. The third-order valence-corrected chi connectivity index (χ3v) is 3.96. The van der Waals surface area contributed by atoms with Crippen molar-refractivity contribution in [3.63, 3.8) is 0 Å². The summed E-state index contributed by atoms with van der Waals surface area (Å²) in [6.45, 7) is 0.561. The predicted octanol–water partition coefficient (Wildman–Crippen LogP) is 4.84. The quantitative estimate of drug-likeness (QED) is 0.655. The van der Waals surface area contributed by atoms with E-state index in [2.05, 4.69) is 10.6 Å². The highest BCUT2D eigenvalue weighted by atomic mass is 19.2. The average Bonchev–Trinajstić information content (AvgIpc) is 2.69. The van der Waals surface area contributed by atoms with Gasteiger partial charge in [0, 0.05) is 23.9 Å². The summed E-state index contributed by atoms with van der Waals surface area (Å²) in [5.74, 6) is -1.83. The van der Waals surface area contributed by atoms with Crippen molar-refractivity contribution in [2.45, 2.75) is 6.54 Å². The number of anilines is 2. The van der Waals surface area contributed by atoms with Crippen LogP contribution in [0.1, 0.15) is 15.9 Å². The fourth-order valence-electron chi connectivity index (χ4n) is 2.56. The number of rotatable bonds is 6. The molecule has 0 aliphatic heterocycles. The van der Waals surface area contributed by atoms with Crippen LogP contribution in [0.4, 0.5) is 20.2 Å². The molecule has 3 aromatic rings. The summed E-state index contributed by atoms with van der Waals surface area (Å²) < 4.78 is 31.6.